The van der Waals surface area contributed by atoms with Gasteiger partial charge in [0.05, 0.1) is 11.4 Å². The maximum Gasteiger partial charge on any atom is 0.274 e. The molecule has 164 valence electrons. The molecule has 1 fully saturated rings. The zero-order valence-corrected chi connectivity index (χ0v) is 18.1. The monoisotopic (exact) mass is 429 g/mol. The molecular weight excluding hydrogens is 402 g/mol. The van der Waals surface area contributed by atoms with Gasteiger partial charge in [-0.15, -0.1) is 0 Å². The Balaban J connectivity index is 1.45. The lowest BCUT2D eigenvalue weighted by molar-refractivity contribution is 0.0357. The van der Waals surface area contributed by atoms with Crippen LogP contribution in [0.5, 0.6) is 0 Å². The van der Waals surface area contributed by atoms with E-state index in [1.807, 2.05) is 24.4 Å². The molecule has 0 aliphatic carbocycles. The third-order valence-electron chi connectivity index (χ3n) is 5.90. The Bertz CT molecular complexity index is 1080. The number of hydroxylamine groups is 1. The van der Waals surface area contributed by atoms with Gasteiger partial charge in [0.25, 0.3) is 5.91 Å². The number of hydrogen-bond acceptors (Lipinski definition) is 5. The van der Waals surface area contributed by atoms with Crippen molar-refractivity contribution in [2.75, 3.05) is 6.61 Å². The first-order valence-electron chi connectivity index (χ1n) is 10.7. The minimum atomic E-state index is -0.534. The fourth-order valence-corrected chi connectivity index (χ4v) is 4.03. The zero-order valence-electron chi connectivity index (χ0n) is 18.1. The van der Waals surface area contributed by atoms with E-state index < -0.39 is 11.5 Å². The largest absolute Gasteiger partial charge is 0.380 e. The average molecular weight is 430 g/mol. The number of rotatable bonds is 7. The van der Waals surface area contributed by atoms with Crippen LogP contribution in [0.4, 0.5) is 0 Å². The van der Waals surface area contributed by atoms with Gasteiger partial charge in [-0.3, -0.25) is 15.0 Å². The Labute approximate surface area is 187 Å². The van der Waals surface area contributed by atoms with Crippen LogP contribution in [0.25, 0.3) is 5.70 Å². The summed E-state index contributed by atoms with van der Waals surface area (Å²) in [5, 5.41) is 12.0. The molecule has 1 amide bonds. The molecule has 4 rings (SSSR count). The van der Waals surface area contributed by atoms with Gasteiger partial charge in [0.2, 0.25) is 0 Å². The Kier molecular flexibility index (Phi) is 6.35. The molecule has 2 heterocycles. The minimum absolute atomic E-state index is 0.393. The predicted molar refractivity (Wildman–Crippen MR) is 123 cm³/mol. The number of carbonyl (C=O) groups excluding carboxylic acids is 1. The molecule has 0 spiro atoms. The first kappa shape index (κ1) is 21.7. The Morgan fingerprint density at radius 3 is 2.41 bits per heavy atom. The summed E-state index contributed by atoms with van der Waals surface area (Å²) in [5.41, 5.74) is 7.47. The van der Waals surface area contributed by atoms with Gasteiger partial charge in [-0.2, -0.15) is 0 Å². The van der Waals surface area contributed by atoms with Crippen molar-refractivity contribution in [3.05, 3.63) is 107 Å². The topological polar surface area (TPSA) is 83.5 Å². The van der Waals surface area contributed by atoms with Gasteiger partial charge in [0.1, 0.15) is 5.60 Å². The van der Waals surface area contributed by atoms with E-state index in [1.165, 1.54) is 5.56 Å². The highest BCUT2D eigenvalue weighted by Gasteiger charge is 2.39. The molecule has 3 aromatic rings. The molecule has 6 nitrogen and oxygen atoms in total. The molecule has 1 aliphatic rings. The van der Waals surface area contributed by atoms with Crippen molar-refractivity contribution in [3.8, 4) is 0 Å². The second-order valence-corrected chi connectivity index (χ2v) is 8.05. The third kappa shape index (κ3) is 4.42. The van der Waals surface area contributed by atoms with Gasteiger partial charge < -0.3 is 10.1 Å². The number of aryl methyl sites for hydroxylation is 1. The number of hydrogen-bond donors (Lipinski definition) is 3. The van der Waals surface area contributed by atoms with Crippen molar-refractivity contribution < 1.29 is 14.7 Å². The van der Waals surface area contributed by atoms with Crippen molar-refractivity contribution in [1.82, 2.24) is 15.8 Å². The van der Waals surface area contributed by atoms with Crippen LogP contribution in [0.15, 0.2) is 73.4 Å². The quantitative estimate of drug-likeness (QED) is 0.385. The van der Waals surface area contributed by atoms with E-state index in [0.29, 0.717) is 17.8 Å². The van der Waals surface area contributed by atoms with Crippen molar-refractivity contribution in [2.24, 2.45) is 0 Å². The number of benzene rings is 2. The SMILES string of the molecule is C=C(NCc1ccc(C(=O)NO)cc1)c1ccc(C2(c3ccc(C)cc3)CCCO2)cn1. The lowest BCUT2D eigenvalue weighted by Gasteiger charge is -2.29. The van der Waals surface area contributed by atoms with Gasteiger partial charge in [0, 0.05) is 30.5 Å². The van der Waals surface area contributed by atoms with E-state index in [0.717, 1.165) is 41.8 Å². The minimum Gasteiger partial charge on any atom is -0.380 e. The lowest BCUT2D eigenvalue weighted by Crippen LogP contribution is -2.26. The molecule has 0 saturated carbocycles. The smallest absolute Gasteiger partial charge is 0.274 e. The first-order valence-corrected chi connectivity index (χ1v) is 10.7. The molecule has 1 aliphatic heterocycles. The second kappa shape index (κ2) is 9.34. The molecule has 2 aromatic carbocycles. The maximum absolute atomic E-state index is 11.4. The Morgan fingerprint density at radius 1 is 1.09 bits per heavy atom. The van der Waals surface area contributed by atoms with Crippen LogP contribution < -0.4 is 10.8 Å². The van der Waals surface area contributed by atoms with E-state index >= 15 is 0 Å². The molecule has 3 N–H and O–H groups in total. The maximum atomic E-state index is 11.4. The number of pyridine rings is 1. The first-order chi connectivity index (χ1) is 15.5. The van der Waals surface area contributed by atoms with Crippen LogP contribution in [0.2, 0.25) is 0 Å². The van der Waals surface area contributed by atoms with Gasteiger partial charge >= 0.3 is 0 Å². The number of aromatic nitrogens is 1. The van der Waals surface area contributed by atoms with Crippen LogP contribution in [0.3, 0.4) is 0 Å². The molecule has 1 saturated heterocycles. The fourth-order valence-electron chi connectivity index (χ4n) is 4.03. The molecule has 0 bridgehead atoms. The highest BCUT2D eigenvalue weighted by molar-refractivity contribution is 5.93. The van der Waals surface area contributed by atoms with Gasteiger partial charge in [-0.25, -0.2) is 5.48 Å². The molecule has 1 aromatic heterocycles. The molecule has 6 heteroatoms. The standard InChI is InChI=1S/C26H27N3O3/c1-18-4-10-22(11-5-18)26(14-3-15-32-26)23-12-13-24(28-17-23)19(2)27-16-20-6-8-21(9-7-20)25(30)29-31/h4-13,17,27,31H,2-3,14-16H2,1H3,(H,29,30). The summed E-state index contributed by atoms with van der Waals surface area (Å²) in [4.78, 5) is 16.1. The fraction of sp³-hybridized carbons (Fsp3) is 0.231. The highest BCUT2D eigenvalue weighted by Crippen LogP contribution is 2.42. The van der Waals surface area contributed by atoms with Crippen molar-refractivity contribution in [1.29, 1.82) is 0 Å². The van der Waals surface area contributed by atoms with Crippen LogP contribution in [-0.4, -0.2) is 22.7 Å². The second-order valence-electron chi connectivity index (χ2n) is 8.05. The molecule has 0 radical (unpaired) electrons. The number of nitrogens with one attached hydrogen (secondary N) is 2. The van der Waals surface area contributed by atoms with Gasteiger partial charge in [-0.1, -0.05) is 54.6 Å². The Hall–Kier alpha value is -3.48. The highest BCUT2D eigenvalue weighted by atomic mass is 16.5. The zero-order chi connectivity index (χ0) is 22.6. The van der Waals surface area contributed by atoms with E-state index in [1.54, 1.807) is 17.6 Å². The van der Waals surface area contributed by atoms with Crippen LogP contribution in [0.1, 0.15) is 51.1 Å². The van der Waals surface area contributed by atoms with Crippen molar-refractivity contribution in [2.45, 2.75) is 31.9 Å². The number of nitrogens with zero attached hydrogens (tertiary/aromatic N) is 1. The Morgan fingerprint density at radius 2 is 1.81 bits per heavy atom. The molecule has 32 heavy (non-hydrogen) atoms. The third-order valence-corrected chi connectivity index (χ3v) is 5.90. The normalized spacial score (nSPS) is 17.7. The lowest BCUT2D eigenvalue weighted by atomic mass is 9.84. The van der Waals surface area contributed by atoms with Crippen LogP contribution >= 0.6 is 0 Å². The van der Waals surface area contributed by atoms with Crippen LogP contribution in [0, 0.1) is 6.92 Å². The average Bonchev–Trinajstić information content (AvgIpc) is 3.34. The van der Waals surface area contributed by atoms with E-state index in [9.17, 15) is 4.79 Å². The number of carbonyl (C=O) groups is 1. The number of ether oxygens (including phenoxy) is 1. The van der Waals surface area contributed by atoms with E-state index in [2.05, 4.69) is 54.1 Å². The molecular formula is C26H27N3O3. The van der Waals surface area contributed by atoms with Crippen molar-refractivity contribution in [3.63, 3.8) is 0 Å². The summed E-state index contributed by atoms with van der Waals surface area (Å²) in [7, 11) is 0. The van der Waals surface area contributed by atoms with E-state index in [-0.39, 0.29) is 0 Å². The van der Waals surface area contributed by atoms with Crippen LogP contribution in [-0.2, 0) is 16.9 Å². The molecule has 1 unspecified atom stereocenters. The van der Waals surface area contributed by atoms with Gasteiger partial charge in [0.15, 0.2) is 0 Å². The molecule has 1 atom stereocenters. The summed E-state index contributed by atoms with van der Waals surface area (Å²) >= 11 is 0. The summed E-state index contributed by atoms with van der Waals surface area (Å²) in [6.07, 6.45) is 3.83. The summed E-state index contributed by atoms with van der Waals surface area (Å²) in [6.45, 7) is 7.47. The summed E-state index contributed by atoms with van der Waals surface area (Å²) < 4.78 is 6.27. The van der Waals surface area contributed by atoms with Crippen molar-refractivity contribution >= 4 is 11.6 Å². The number of amides is 1. The van der Waals surface area contributed by atoms with E-state index in [4.69, 9.17) is 9.94 Å². The summed E-state index contributed by atoms with van der Waals surface area (Å²) in [6, 6.07) is 19.5. The van der Waals surface area contributed by atoms with Gasteiger partial charge in [-0.05, 0) is 49.1 Å². The predicted octanol–water partition coefficient (Wildman–Crippen LogP) is 4.32. The summed E-state index contributed by atoms with van der Waals surface area (Å²) in [5.74, 6) is -0.534.